The van der Waals surface area contributed by atoms with Crippen LogP contribution in [0.15, 0.2) is 12.2 Å². The van der Waals surface area contributed by atoms with Crippen LogP contribution in [0.25, 0.3) is 0 Å². The number of hydrogen-bond acceptors (Lipinski definition) is 5. The van der Waals surface area contributed by atoms with Crippen molar-refractivity contribution >= 4 is 5.91 Å². The molecule has 340 valence electrons. The Labute approximate surface area is 355 Å². The molecule has 0 rings (SSSR count). The molecule has 57 heavy (non-hydrogen) atoms. The molecule has 0 bridgehead atoms. The van der Waals surface area contributed by atoms with Gasteiger partial charge in [-0.3, -0.25) is 4.79 Å². The zero-order valence-electron chi connectivity index (χ0n) is 38.4. The number of aliphatic hydroxyl groups is 4. The molecule has 0 radical (unpaired) electrons. The number of rotatable bonds is 47. The predicted molar refractivity (Wildman–Crippen MR) is 247 cm³/mol. The van der Waals surface area contributed by atoms with Crippen LogP contribution in [0.2, 0.25) is 0 Å². The molecule has 4 atom stereocenters. The molecule has 0 aromatic rings. The van der Waals surface area contributed by atoms with Crippen LogP contribution < -0.4 is 5.32 Å². The van der Waals surface area contributed by atoms with Gasteiger partial charge in [-0.1, -0.05) is 251 Å². The van der Waals surface area contributed by atoms with E-state index in [9.17, 15) is 25.2 Å². The van der Waals surface area contributed by atoms with Crippen LogP contribution in [-0.2, 0) is 4.79 Å². The van der Waals surface area contributed by atoms with Crippen molar-refractivity contribution in [1.29, 1.82) is 0 Å². The fourth-order valence-electron chi connectivity index (χ4n) is 8.17. The third kappa shape index (κ3) is 40.2. The van der Waals surface area contributed by atoms with Gasteiger partial charge in [0.1, 0.15) is 12.2 Å². The maximum atomic E-state index is 12.5. The first-order valence-electron chi connectivity index (χ1n) is 25.6. The Hall–Kier alpha value is -0.950. The van der Waals surface area contributed by atoms with E-state index in [0.29, 0.717) is 12.8 Å². The molecule has 5 N–H and O–H groups in total. The lowest BCUT2D eigenvalue weighted by Crippen LogP contribution is -2.53. The smallest absolute Gasteiger partial charge is 0.249 e. The van der Waals surface area contributed by atoms with E-state index in [2.05, 4.69) is 31.3 Å². The lowest BCUT2D eigenvalue weighted by Gasteiger charge is -2.27. The van der Waals surface area contributed by atoms with Crippen LogP contribution in [0.5, 0.6) is 0 Å². The Morgan fingerprint density at radius 1 is 0.421 bits per heavy atom. The van der Waals surface area contributed by atoms with Gasteiger partial charge in [0.15, 0.2) is 0 Å². The van der Waals surface area contributed by atoms with Gasteiger partial charge in [0.05, 0.1) is 18.8 Å². The first kappa shape index (κ1) is 56.0. The van der Waals surface area contributed by atoms with Crippen molar-refractivity contribution in [3.8, 4) is 0 Å². The molecule has 6 nitrogen and oxygen atoms in total. The summed E-state index contributed by atoms with van der Waals surface area (Å²) in [6, 6.07) is -0.998. The quantitative estimate of drug-likeness (QED) is 0.0311. The second-order valence-electron chi connectivity index (χ2n) is 17.9. The summed E-state index contributed by atoms with van der Waals surface area (Å²) in [6.45, 7) is 4.07. The van der Waals surface area contributed by atoms with Gasteiger partial charge in [0.2, 0.25) is 5.91 Å². The minimum Gasteiger partial charge on any atom is -0.394 e. The normalized spacial score (nSPS) is 14.0. The van der Waals surface area contributed by atoms with Crippen molar-refractivity contribution in [2.24, 2.45) is 0 Å². The largest absolute Gasteiger partial charge is 0.394 e. The van der Waals surface area contributed by atoms with Crippen molar-refractivity contribution in [2.45, 2.75) is 301 Å². The van der Waals surface area contributed by atoms with Crippen LogP contribution in [0.1, 0.15) is 277 Å². The average molecular weight is 808 g/mol. The van der Waals surface area contributed by atoms with E-state index in [4.69, 9.17) is 0 Å². The number of amides is 1. The molecule has 0 heterocycles. The second-order valence-corrected chi connectivity index (χ2v) is 17.9. The number of nitrogens with one attached hydrogen (secondary N) is 1. The summed E-state index contributed by atoms with van der Waals surface area (Å²) in [5.74, 6) is -0.589. The minimum absolute atomic E-state index is 0.368. The highest BCUT2D eigenvalue weighted by atomic mass is 16.3. The van der Waals surface area contributed by atoms with Crippen LogP contribution in [0.4, 0.5) is 0 Å². The van der Waals surface area contributed by atoms with Gasteiger partial charge in [-0.2, -0.15) is 0 Å². The van der Waals surface area contributed by atoms with E-state index < -0.39 is 36.9 Å². The van der Waals surface area contributed by atoms with Crippen molar-refractivity contribution in [1.82, 2.24) is 5.32 Å². The van der Waals surface area contributed by atoms with Gasteiger partial charge in [-0.15, -0.1) is 0 Å². The molecule has 0 aliphatic carbocycles. The molecular weight excluding hydrogens is 707 g/mol. The molecule has 0 saturated heterocycles. The zero-order valence-corrected chi connectivity index (χ0v) is 38.4. The van der Waals surface area contributed by atoms with Gasteiger partial charge < -0.3 is 25.7 Å². The van der Waals surface area contributed by atoms with E-state index in [1.54, 1.807) is 0 Å². The van der Waals surface area contributed by atoms with Crippen molar-refractivity contribution in [2.75, 3.05) is 6.61 Å². The van der Waals surface area contributed by atoms with E-state index in [1.807, 2.05) is 0 Å². The molecule has 1 amide bonds. The number of allylic oxidation sites excluding steroid dienone is 2. The van der Waals surface area contributed by atoms with E-state index in [0.717, 1.165) is 38.5 Å². The van der Waals surface area contributed by atoms with E-state index >= 15 is 0 Å². The summed E-state index contributed by atoms with van der Waals surface area (Å²) in [5.41, 5.74) is 0. The fourth-order valence-corrected chi connectivity index (χ4v) is 8.17. The molecule has 4 unspecified atom stereocenters. The van der Waals surface area contributed by atoms with Crippen LogP contribution >= 0.6 is 0 Å². The first-order chi connectivity index (χ1) is 28.0. The summed E-state index contributed by atoms with van der Waals surface area (Å²) in [5, 5.41) is 43.8. The van der Waals surface area contributed by atoms with Gasteiger partial charge in [0.25, 0.3) is 0 Å². The highest BCUT2D eigenvalue weighted by Crippen LogP contribution is 2.17. The molecule has 0 aliphatic rings. The molecular formula is C51H101NO5. The standard InChI is InChI=1S/C51H101NO5/c1-3-5-7-9-11-13-15-17-19-21-22-23-24-25-26-27-28-29-31-32-34-36-38-40-42-44-48(54)50(56)47(46-53)52-51(57)49(55)45-43-41-39-37-35-33-30-20-18-16-14-12-10-8-6-4-2/h36,38,47-50,53-56H,3-35,37,39-46H2,1-2H3,(H,52,57)/b38-36+. The van der Waals surface area contributed by atoms with Crippen LogP contribution in [0, 0.1) is 0 Å². The average Bonchev–Trinajstić information content (AvgIpc) is 3.22. The first-order valence-corrected chi connectivity index (χ1v) is 25.6. The highest BCUT2D eigenvalue weighted by Gasteiger charge is 2.28. The summed E-state index contributed by atoms with van der Waals surface area (Å²) < 4.78 is 0. The minimum atomic E-state index is -1.28. The predicted octanol–water partition coefficient (Wildman–Crippen LogP) is 14.1. The third-order valence-electron chi connectivity index (χ3n) is 12.2. The molecule has 0 saturated carbocycles. The van der Waals surface area contributed by atoms with Crippen molar-refractivity contribution in [3.63, 3.8) is 0 Å². The maximum Gasteiger partial charge on any atom is 0.249 e. The Morgan fingerprint density at radius 3 is 1.05 bits per heavy atom. The lowest BCUT2D eigenvalue weighted by atomic mass is 10.00. The van der Waals surface area contributed by atoms with Gasteiger partial charge >= 0.3 is 0 Å². The maximum absolute atomic E-state index is 12.5. The Morgan fingerprint density at radius 2 is 0.719 bits per heavy atom. The Balaban J connectivity index is 3.66. The van der Waals surface area contributed by atoms with Gasteiger partial charge in [0, 0.05) is 0 Å². The highest BCUT2D eigenvalue weighted by molar-refractivity contribution is 5.80. The number of hydrogen-bond donors (Lipinski definition) is 5. The molecule has 0 aromatic carbocycles. The monoisotopic (exact) mass is 808 g/mol. The third-order valence-corrected chi connectivity index (χ3v) is 12.2. The van der Waals surface area contributed by atoms with E-state index in [1.165, 1.54) is 212 Å². The van der Waals surface area contributed by atoms with Crippen LogP contribution in [-0.4, -0.2) is 57.3 Å². The molecule has 6 heteroatoms. The summed E-state index contributed by atoms with van der Waals surface area (Å²) in [7, 11) is 0. The molecule has 0 aromatic heterocycles. The lowest BCUT2D eigenvalue weighted by molar-refractivity contribution is -0.132. The molecule has 0 aliphatic heterocycles. The summed E-state index contributed by atoms with van der Waals surface area (Å²) in [4.78, 5) is 12.5. The Kier molecular flexibility index (Phi) is 45.4. The van der Waals surface area contributed by atoms with Crippen LogP contribution in [0.3, 0.4) is 0 Å². The number of aliphatic hydroxyl groups excluding tert-OH is 4. The van der Waals surface area contributed by atoms with Crippen molar-refractivity contribution in [3.05, 3.63) is 12.2 Å². The Bertz CT molecular complexity index is 821. The topological polar surface area (TPSA) is 110 Å². The SMILES string of the molecule is CCCCCCCCCCCCCCCCCCCCCC/C=C/CCCC(O)C(O)C(CO)NC(=O)C(O)CCCCCCCCCCCCCCCCCC. The molecule has 0 spiro atoms. The number of carbonyl (C=O) groups is 1. The van der Waals surface area contributed by atoms with Crippen molar-refractivity contribution < 1.29 is 25.2 Å². The number of unbranched alkanes of at least 4 members (excludes halogenated alkanes) is 36. The van der Waals surface area contributed by atoms with Gasteiger partial charge in [-0.25, -0.2) is 0 Å². The second kappa shape index (κ2) is 46.1. The van der Waals surface area contributed by atoms with E-state index in [-0.39, 0.29) is 0 Å². The van der Waals surface area contributed by atoms with Gasteiger partial charge in [-0.05, 0) is 38.5 Å². The number of carbonyl (C=O) groups excluding carboxylic acids is 1. The fraction of sp³-hybridized carbons (Fsp3) is 0.941. The molecule has 0 fully saturated rings. The summed E-state index contributed by atoms with van der Waals surface area (Å²) >= 11 is 0. The summed E-state index contributed by atoms with van der Waals surface area (Å²) in [6.07, 6.45) is 52.7. The zero-order chi connectivity index (χ0) is 41.7.